The van der Waals surface area contributed by atoms with Crippen LogP contribution in [0.25, 0.3) is 0 Å². The number of rotatable bonds is 3. The van der Waals surface area contributed by atoms with Crippen LogP contribution in [-0.2, 0) is 16.1 Å². The van der Waals surface area contributed by atoms with Gasteiger partial charge in [0, 0.05) is 63.0 Å². The number of nitrogens with zero attached hydrogens (tertiary/aromatic N) is 3. The van der Waals surface area contributed by atoms with Crippen LogP contribution in [0.2, 0.25) is 0 Å². The molecule has 4 heterocycles. The molecule has 6 heteroatoms. The van der Waals surface area contributed by atoms with Crippen molar-refractivity contribution in [3.63, 3.8) is 0 Å². The highest BCUT2D eigenvalue weighted by Gasteiger charge is 2.63. The summed E-state index contributed by atoms with van der Waals surface area (Å²) in [6.45, 7) is 8.81. The van der Waals surface area contributed by atoms with E-state index in [9.17, 15) is 9.59 Å². The Morgan fingerprint density at radius 3 is 2.63 bits per heavy atom. The Bertz CT molecular complexity index is 712. The van der Waals surface area contributed by atoms with Crippen molar-refractivity contribution in [1.82, 2.24) is 20.1 Å². The van der Waals surface area contributed by atoms with Crippen LogP contribution in [0.1, 0.15) is 38.7 Å². The van der Waals surface area contributed by atoms with Crippen molar-refractivity contribution < 1.29 is 9.59 Å². The third-order valence-electron chi connectivity index (χ3n) is 6.96. The average molecular weight is 370 g/mol. The maximum Gasteiger partial charge on any atom is 0.228 e. The molecule has 0 radical (unpaired) electrons. The third-order valence-corrected chi connectivity index (χ3v) is 6.96. The molecular weight excluding hydrogens is 340 g/mol. The van der Waals surface area contributed by atoms with E-state index in [0.717, 1.165) is 58.5 Å². The Labute approximate surface area is 161 Å². The first-order valence-corrected chi connectivity index (χ1v) is 10.1. The molecule has 3 fully saturated rings. The third kappa shape index (κ3) is 3.04. The number of carbonyl (C=O) groups is 2. The van der Waals surface area contributed by atoms with Gasteiger partial charge in [0.2, 0.25) is 11.8 Å². The van der Waals surface area contributed by atoms with E-state index in [0.29, 0.717) is 0 Å². The second-order valence-electron chi connectivity index (χ2n) is 8.85. The summed E-state index contributed by atoms with van der Waals surface area (Å²) in [4.78, 5) is 34.0. The van der Waals surface area contributed by atoms with Crippen LogP contribution < -0.4 is 5.32 Å². The Morgan fingerprint density at radius 2 is 2.04 bits per heavy atom. The smallest absolute Gasteiger partial charge is 0.228 e. The number of hydrogen-bond donors (Lipinski definition) is 1. The Balaban J connectivity index is 1.55. The van der Waals surface area contributed by atoms with Gasteiger partial charge in [-0.05, 0) is 30.9 Å². The van der Waals surface area contributed by atoms with E-state index in [1.807, 2.05) is 31.0 Å². The zero-order valence-corrected chi connectivity index (χ0v) is 16.4. The minimum Gasteiger partial charge on any atom is -0.356 e. The lowest BCUT2D eigenvalue weighted by molar-refractivity contribution is -0.140. The highest BCUT2D eigenvalue weighted by Crippen LogP contribution is 2.56. The van der Waals surface area contributed by atoms with Crippen molar-refractivity contribution in [3.8, 4) is 0 Å². The number of carbonyl (C=O) groups excluding carboxylic acids is 2. The van der Waals surface area contributed by atoms with E-state index in [4.69, 9.17) is 0 Å². The van der Waals surface area contributed by atoms with Crippen LogP contribution in [0.3, 0.4) is 0 Å². The van der Waals surface area contributed by atoms with Gasteiger partial charge in [0.25, 0.3) is 0 Å². The summed E-state index contributed by atoms with van der Waals surface area (Å²) in [6, 6.07) is 4.07. The second kappa shape index (κ2) is 6.89. The maximum atomic E-state index is 13.0. The normalized spacial score (nSPS) is 27.7. The number of piperidine rings is 1. The van der Waals surface area contributed by atoms with E-state index in [2.05, 4.69) is 21.3 Å². The molecule has 0 aromatic carbocycles. The summed E-state index contributed by atoms with van der Waals surface area (Å²) in [5.74, 6) is 0.494. The number of fused-ring (bicyclic) bond motifs is 1. The number of pyridine rings is 1. The fraction of sp³-hybridized carbons (Fsp3) is 0.667. The topological polar surface area (TPSA) is 65.5 Å². The van der Waals surface area contributed by atoms with Gasteiger partial charge in [-0.25, -0.2) is 0 Å². The fourth-order valence-electron chi connectivity index (χ4n) is 5.53. The predicted octanol–water partition coefficient (Wildman–Crippen LogP) is 1.67. The van der Waals surface area contributed by atoms with Gasteiger partial charge in [0.1, 0.15) is 0 Å². The molecule has 3 aliphatic heterocycles. The molecule has 0 saturated carbocycles. The molecule has 1 N–H and O–H groups in total. The lowest BCUT2D eigenvalue weighted by Gasteiger charge is -2.47. The van der Waals surface area contributed by atoms with Crippen molar-refractivity contribution in [2.75, 3.05) is 32.7 Å². The summed E-state index contributed by atoms with van der Waals surface area (Å²) in [5, 5.41) is 3.10. The molecule has 4 rings (SSSR count). The molecule has 1 aromatic heterocycles. The first-order chi connectivity index (χ1) is 13.0. The van der Waals surface area contributed by atoms with Crippen LogP contribution in [0.4, 0.5) is 0 Å². The largest absolute Gasteiger partial charge is 0.356 e. The van der Waals surface area contributed by atoms with Gasteiger partial charge in [-0.3, -0.25) is 19.5 Å². The molecular formula is C21H30N4O2. The summed E-state index contributed by atoms with van der Waals surface area (Å²) < 4.78 is 0. The first-order valence-electron chi connectivity index (χ1n) is 10.1. The fourth-order valence-corrected chi connectivity index (χ4v) is 5.53. The standard InChI is InChI=1S/C21H30N4O2/c1-16(2)18(26)25-10-6-20(7-11-25)14-24(13-17-4-3-8-22-12-17)15-21(20)5-9-23-19(21)27/h3-4,8,12,16H,5-7,9-11,13-15H2,1-2H3,(H,23,27)/t21-/m1/s1. The molecule has 1 atom stereocenters. The number of likely N-dealkylation sites (tertiary alicyclic amines) is 2. The summed E-state index contributed by atoms with van der Waals surface area (Å²) in [5.41, 5.74) is 0.863. The Morgan fingerprint density at radius 1 is 1.26 bits per heavy atom. The number of nitrogens with one attached hydrogen (secondary N) is 1. The monoisotopic (exact) mass is 370 g/mol. The van der Waals surface area contributed by atoms with Gasteiger partial charge in [-0.15, -0.1) is 0 Å². The molecule has 0 aliphatic carbocycles. The van der Waals surface area contributed by atoms with Gasteiger partial charge in [0.05, 0.1) is 5.41 Å². The molecule has 0 bridgehead atoms. The number of amides is 2. The van der Waals surface area contributed by atoms with Gasteiger partial charge in [-0.2, -0.15) is 0 Å². The lowest BCUT2D eigenvalue weighted by Crippen LogP contribution is -2.53. The minimum atomic E-state index is -0.303. The minimum absolute atomic E-state index is 0.0243. The van der Waals surface area contributed by atoms with E-state index in [1.165, 1.54) is 5.56 Å². The van der Waals surface area contributed by atoms with Gasteiger partial charge < -0.3 is 10.2 Å². The molecule has 27 heavy (non-hydrogen) atoms. The lowest BCUT2D eigenvalue weighted by atomic mass is 9.60. The van der Waals surface area contributed by atoms with E-state index < -0.39 is 0 Å². The maximum absolute atomic E-state index is 13.0. The summed E-state index contributed by atoms with van der Waals surface area (Å²) in [6.07, 6.45) is 6.46. The summed E-state index contributed by atoms with van der Waals surface area (Å²) >= 11 is 0. The molecule has 2 amide bonds. The van der Waals surface area contributed by atoms with Gasteiger partial charge >= 0.3 is 0 Å². The molecule has 0 unspecified atom stereocenters. The summed E-state index contributed by atoms with van der Waals surface area (Å²) in [7, 11) is 0. The highest BCUT2D eigenvalue weighted by molar-refractivity contribution is 5.86. The number of hydrogen-bond acceptors (Lipinski definition) is 4. The molecule has 2 spiro atoms. The molecule has 6 nitrogen and oxygen atoms in total. The Kier molecular flexibility index (Phi) is 4.70. The van der Waals surface area contributed by atoms with Gasteiger partial charge in [0.15, 0.2) is 0 Å². The van der Waals surface area contributed by atoms with Gasteiger partial charge in [-0.1, -0.05) is 19.9 Å². The van der Waals surface area contributed by atoms with Crippen LogP contribution in [0, 0.1) is 16.7 Å². The van der Waals surface area contributed by atoms with E-state index in [-0.39, 0.29) is 28.6 Å². The molecule has 1 aromatic rings. The van der Waals surface area contributed by atoms with Crippen LogP contribution in [-0.4, -0.2) is 59.3 Å². The zero-order valence-electron chi connectivity index (χ0n) is 16.4. The zero-order chi connectivity index (χ0) is 19.1. The molecule has 146 valence electrons. The number of aromatic nitrogens is 1. The second-order valence-corrected chi connectivity index (χ2v) is 8.85. The van der Waals surface area contributed by atoms with Crippen LogP contribution >= 0.6 is 0 Å². The van der Waals surface area contributed by atoms with Crippen molar-refractivity contribution in [2.45, 2.75) is 39.7 Å². The van der Waals surface area contributed by atoms with Crippen molar-refractivity contribution in [3.05, 3.63) is 30.1 Å². The van der Waals surface area contributed by atoms with E-state index in [1.54, 1.807) is 6.20 Å². The van der Waals surface area contributed by atoms with Crippen LogP contribution in [0.5, 0.6) is 0 Å². The van der Waals surface area contributed by atoms with Crippen LogP contribution in [0.15, 0.2) is 24.5 Å². The van der Waals surface area contributed by atoms with Crippen molar-refractivity contribution in [1.29, 1.82) is 0 Å². The molecule has 3 saturated heterocycles. The van der Waals surface area contributed by atoms with E-state index >= 15 is 0 Å². The Hall–Kier alpha value is -1.95. The average Bonchev–Trinajstić information content (AvgIpc) is 3.17. The highest BCUT2D eigenvalue weighted by atomic mass is 16.2. The first kappa shape index (κ1) is 18.4. The quantitative estimate of drug-likeness (QED) is 0.879. The van der Waals surface area contributed by atoms with Crippen molar-refractivity contribution in [2.24, 2.45) is 16.7 Å². The predicted molar refractivity (Wildman–Crippen MR) is 103 cm³/mol. The SMILES string of the molecule is CC(C)C(=O)N1CCC2(CC1)CN(Cc1cccnc1)C[C@@]21CCNC1=O. The molecule has 3 aliphatic rings. The van der Waals surface area contributed by atoms with Crippen molar-refractivity contribution >= 4 is 11.8 Å².